The maximum atomic E-state index is 6.43. The van der Waals surface area contributed by atoms with Crippen molar-refractivity contribution < 1.29 is 0 Å². The molecule has 0 aromatic rings. The largest absolute Gasteiger partial charge is 0.327 e. The quantitative estimate of drug-likeness (QED) is 0.798. The number of piperidine rings is 1. The van der Waals surface area contributed by atoms with E-state index in [0.29, 0.717) is 6.04 Å². The summed E-state index contributed by atoms with van der Waals surface area (Å²) in [7, 11) is 0. The van der Waals surface area contributed by atoms with Crippen LogP contribution in [-0.2, 0) is 0 Å². The lowest BCUT2D eigenvalue weighted by atomic mass is 9.83. The van der Waals surface area contributed by atoms with Crippen LogP contribution in [0.15, 0.2) is 0 Å². The number of fused-ring (bicyclic) bond motifs is 2. The molecular weight excluding hydrogens is 208 g/mol. The van der Waals surface area contributed by atoms with E-state index in [9.17, 15) is 0 Å². The van der Waals surface area contributed by atoms with Crippen molar-refractivity contribution in [3.63, 3.8) is 0 Å². The molecule has 0 spiro atoms. The summed E-state index contributed by atoms with van der Waals surface area (Å²) in [6, 6.07) is 1.29. The van der Waals surface area contributed by atoms with Gasteiger partial charge in [0.2, 0.25) is 0 Å². The molecular formula is C15H28N2. The molecule has 6 atom stereocenters. The summed E-state index contributed by atoms with van der Waals surface area (Å²) in [6.07, 6.45) is 7.11. The molecule has 3 fully saturated rings. The third kappa shape index (κ3) is 2.04. The molecule has 2 heteroatoms. The highest BCUT2D eigenvalue weighted by Crippen LogP contribution is 2.48. The van der Waals surface area contributed by atoms with Crippen molar-refractivity contribution in [3.05, 3.63) is 0 Å². The average Bonchev–Trinajstić information content (AvgIpc) is 2.88. The Bertz CT molecular complexity index is 276. The molecule has 1 saturated heterocycles. The van der Waals surface area contributed by atoms with Gasteiger partial charge in [0.25, 0.3) is 0 Å². The minimum absolute atomic E-state index is 0.512. The van der Waals surface area contributed by atoms with Gasteiger partial charge in [-0.25, -0.2) is 0 Å². The minimum Gasteiger partial charge on any atom is -0.327 e. The normalized spacial score (nSPS) is 51.0. The van der Waals surface area contributed by atoms with Crippen molar-refractivity contribution in [2.75, 3.05) is 13.1 Å². The van der Waals surface area contributed by atoms with Crippen molar-refractivity contribution in [1.82, 2.24) is 4.90 Å². The van der Waals surface area contributed by atoms with E-state index < -0.39 is 0 Å². The van der Waals surface area contributed by atoms with E-state index in [0.717, 1.165) is 29.7 Å². The number of nitrogens with two attached hydrogens (primary N) is 1. The average molecular weight is 236 g/mol. The molecule has 0 aromatic carbocycles. The van der Waals surface area contributed by atoms with Gasteiger partial charge in [0.1, 0.15) is 0 Å². The van der Waals surface area contributed by atoms with E-state index in [2.05, 4.69) is 18.7 Å². The van der Waals surface area contributed by atoms with Crippen LogP contribution in [0, 0.1) is 23.7 Å². The molecule has 0 radical (unpaired) electrons. The maximum absolute atomic E-state index is 6.43. The van der Waals surface area contributed by atoms with Gasteiger partial charge < -0.3 is 10.6 Å². The third-order valence-corrected chi connectivity index (χ3v) is 6.11. The number of hydrogen-bond acceptors (Lipinski definition) is 2. The Hall–Kier alpha value is -0.0800. The Balaban J connectivity index is 1.63. The van der Waals surface area contributed by atoms with Crippen molar-refractivity contribution >= 4 is 0 Å². The molecule has 3 rings (SSSR count). The predicted octanol–water partition coefficient (Wildman–Crippen LogP) is 2.48. The number of likely N-dealkylation sites (tertiary alicyclic amines) is 1. The molecule has 0 amide bonds. The summed E-state index contributed by atoms with van der Waals surface area (Å²) in [4.78, 5) is 2.74. The fraction of sp³-hybridized carbons (Fsp3) is 1.00. The number of rotatable bonds is 2. The predicted molar refractivity (Wildman–Crippen MR) is 71.7 cm³/mol. The molecule has 2 aliphatic carbocycles. The maximum Gasteiger partial charge on any atom is 0.0111 e. The highest BCUT2D eigenvalue weighted by molar-refractivity contribution is 5.00. The topological polar surface area (TPSA) is 29.3 Å². The zero-order valence-electron chi connectivity index (χ0n) is 11.4. The fourth-order valence-corrected chi connectivity index (χ4v) is 4.68. The molecule has 0 aromatic heterocycles. The van der Waals surface area contributed by atoms with Crippen molar-refractivity contribution in [2.45, 2.75) is 58.0 Å². The van der Waals surface area contributed by atoms with E-state index in [1.165, 1.54) is 45.2 Å². The van der Waals surface area contributed by atoms with Crippen molar-refractivity contribution in [2.24, 2.45) is 29.4 Å². The van der Waals surface area contributed by atoms with Crippen LogP contribution in [0.1, 0.15) is 46.0 Å². The summed E-state index contributed by atoms with van der Waals surface area (Å²) in [5, 5.41) is 0. The molecule has 17 heavy (non-hydrogen) atoms. The standard InChI is InChI=1S/C15H28N2/c1-10-4-3-7-17(11(10)2)9-14-12-5-6-13(8-12)15(14)16/h10-15H,3-9,16H2,1-2H3. The van der Waals surface area contributed by atoms with Gasteiger partial charge in [-0.05, 0) is 69.2 Å². The minimum atomic E-state index is 0.512. The molecule has 3 aliphatic rings. The zero-order valence-corrected chi connectivity index (χ0v) is 11.4. The molecule has 2 bridgehead atoms. The van der Waals surface area contributed by atoms with Crippen LogP contribution in [0.25, 0.3) is 0 Å². The highest BCUT2D eigenvalue weighted by atomic mass is 15.2. The summed E-state index contributed by atoms with van der Waals surface area (Å²) >= 11 is 0. The highest BCUT2D eigenvalue weighted by Gasteiger charge is 2.46. The Labute approximate surface area is 106 Å². The fourth-order valence-electron chi connectivity index (χ4n) is 4.68. The molecule has 2 nitrogen and oxygen atoms in total. The Kier molecular flexibility index (Phi) is 3.20. The Morgan fingerprint density at radius 2 is 1.88 bits per heavy atom. The SMILES string of the molecule is CC1CCCN(CC2C3CCC(C3)C2N)C1C. The molecule has 98 valence electrons. The molecule has 1 heterocycles. The summed E-state index contributed by atoms with van der Waals surface area (Å²) < 4.78 is 0. The second kappa shape index (κ2) is 4.55. The van der Waals surface area contributed by atoms with E-state index in [4.69, 9.17) is 5.73 Å². The Morgan fingerprint density at radius 3 is 2.59 bits per heavy atom. The van der Waals surface area contributed by atoms with Crippen LogP contribution in [-0.4, -0.2) is 30.1 Å². The summed E-state index contributed by atoms with van der Waals surface area (Å²) in [6.45, 7) is 7.43. The van der Waals surface area contributed by atoms with Gasteiger partial charge in [-0.2, -0.15) is 0 Å². The second-order valence-corrected chi connectivity index (χ2v) is 6.93. The monoisotopic (exact) mass is 236 g/mol. The first kappa shape index (κ1) is 12.0. The third-order valence-electron chi connectivity index (χ3n) is 6.11. The summed E-state index contributed by atoms with van der Waals surface area (Å²) in [5.74, 6) is 3.50. The van der Waals surface area contributed by atoms with Gasteiger partial charge in [-0.3, -0.25) is 0 Å². The first-order valence-electron chi connectivity index (χ1n) is 7.66. The van der Waals surface area contributed by atoms with Gasteiger partial charge in [0.15, 0.2) is 0 Å². The van der Waals surface area contributed by atoms with Crippen molar-refractivity contribution in [1.29, 1.82) is 0 Å². The van der Waals surface area contributed by atoms with Gasteiger partial charge in [0.05, 0.1) is 0 Å². The van der Waals surface area contributed by atoms with E-state index in [1.54, 1.807) is 0 Å². The second-order valence-electron chi connectivity index (χ2n) is 6.93. The van der Waals surface area contributed by atoms with Gasteiger partial charge >= 0.3 is 0 Å². The van der Waals surface area contributed by atoms with Crippen LogP contribution < -0.4 is 5.73 Å². The van der Waals surface area contributed by atoms with Crippen LogP contribution in [0.2, 0.25) is 0 Å². The van der Waals surface area contributed by atoms with Crippen LogP contribution in [0.5, 0.6) is 0 Å². The van der Waals surface area contributed by atoms with Crippen LogP contribution >= 0.6 is 0 Å². The molecule has 2 N–H and O–H groups in total. The van der Waals surface area contributed by atoms with E-state index in [1.807, 2.05) is 0 Å². The molecule has 1 aliphatic heterocycles. The lowest BCUT2D eigenvalue weighted by molar-refractivity contribution is 0.0772. The van der Waals surface area contributed by atoms with Gasteiger partial charge in [-0.1, -0.05) is 6.92 Å². The van der Waals surface area contributed by atoms with Crippen LogP contribution in [0.3, 0.4) is 0 Å². The smallest absolute Gasteiger partial charge is 0.0111 e. The first-order chi connectivity index (χ1) is 8.16. The molecule has 2 saturated carbocycles. The van der Waals surface area contributed by atoms with Gasteiger partial charge in [-0.15, -0.1) is 0 Å². The Morgan fingerprint density at radius 1 is 1.12 bits per heavy atom. The van der Waals surface area contributed by atoms with Gasteiger partial charge in [0, 0.05) is 18.6 Å². The van der Waals surface area contributed by atoms with E-state index >= 15 is 0 Å². The molecule has 6 unspecified atom stereocenters. The lowest BCUT2D eigenvalue weighted by Crippen LogP contribution is -2.49. The zero-order chi connectivity index (χ0) is 12.0. The van der Waals surface area contributed by atoms with Crippen molar-refractivity contribution in [3.8, 4) is 0 Å². The lowest BCUT2D eigenvalue weighted by Gasteiger charge is -2.41. The van der Waals surface area contributed by atoms with E-state index in [-0.39, 0.29) is 0 Å². The van der Waals surface area contributed by atoms with Crippen LogP contribution in [0.4, 0.5) is 0 Å². The number of hydrogen-bond donors (Lipinski definition) is 1. The summed E-state index contributed by atoms with van der Waals surface area (Å²) in [5.41, 5.74) is 6.43. The first-order valence-corrected chi connectivity index (χ1v) is 7.66. The number of nitrogens with zero attached hydrogens (tertiary/aromatic N) is 1.